The van der Waals surface area contributed by atoms with Gasteiger partial charge in [0.15, 0.2) is 11.8 Å². The topological polar surface area (TPSA) is 223 Å². The van der Waals surface area contributed by atoms with Crippen LogP contribution in [0.1, 0.15) is 64.4 Å². The number of amidine groups is 1. The third-order valence-electron chi connectivity index (χ3n) is 7.51. The number of rotatable bonds is 19. The van der Waals surface area contributed by atoms with Crippen LogP contribution in [0.5, 0.6) is 0 Å². The minimum absolute atomic E-state index is 0.0231. The number of aliphatic hydroxyl groups is 1. The molecule has 0 saturated heterocycles. The van der Waals surface area contributed by atoms with Gasteiger partial charge in [0.25, 0.3) is 0 Å². The molecule has 1 atom stereocenters. The number of unbranched alkanes of at least 4 members (excludes halogenated alkanes) is 2. The molecule has 0 aliphatic carbocycles. The minimum atomic E-state index is -0.890. The lowest BCUT2D eigenvalue weighted by Crippen LogP contribution is -2.55. The van der Waals surface area contributed by atoms with Crippen molar-refractivity contribution in [3.8, 4) is 0 Å². The summed E-state index contributed by atoms with van der Waals surface area (Å²) in [5.41, 5.74) is 17.9. The van der Waals surface area contributed by atoms with E-state index in [0.29, 0.717) is 57.4 Å². The van der Waals surface area contributed by atoms with Crippen molar-refractivity contribution in [1.82, 2.24) is 15.5 Å². The van der Waals surface area contributed by atoms with E-state index < -0.39 is 17.7 Å². The number of ether oxygens (including phenoxy) is 1. The lowest BCUT2D eigenvalue weighted by Gasteiger charge is -2.33. The van der Waals surface area contributed by atoms with Crippen LogP contribution in [0.25, 0.3) is 0 Å². The number of benzene rings is 1. The van der Waals surface area contributed by atoms with E-state index >= 15 is 0 Å². The van der Waals surface area contributed by atoms with Crippen LogP contribution in [0.15, 0.2) is 58.4 Å². The molecule has 10 N–H and O–H groups in total. The zero-order chi connectivity index (χ0) is 33.2. The molecule has 45 heavy (non-hydrogen) atoms. The molecular weight excluding hydrogens is 578 g/mol. The predicted molar refractivity (Wildman–Crippen MR) is 176 cm³/mol. The molecule has 0 saturated carbocycles. The summed E-state index contributed by atoms with van der Waals surface area (Å²) in [5.74, 6) is -0.208. The molecule has 0 aromatic heterocycles. The van der Waals surface area contributed by atoms with Gasteiger partial charge in [-0.1, -0.05) is 32.1 Å². The van der Waals surface area contributed by atoms with Gasteiger partial charge in [-0.3, -0.25) is 19.6 Å². The maximum atomic E-state index is 13.4. The Morgan fingerprint density at radius 1 is 1.13 bits per heavy atom. The second-order valence-electron chi connectivity index (χ2n) is 10.7. The van der Waals surface area contributed by atoms with Gasteiger partial charge in [0, 0.05) is 38.4 Å². The van der Waals surface area contributed by atoms with Crippen LogP contribution < -0.4 is 33.2 Å². The van der Waals surface area contributed by atoms with Crippen molar-refractivity contribution in [1.29, 1.82) is 0 Å². The highest BCUT2D eigenvalue weighted by Gasteiger charge is 2.33. The van der Waals surface area contributed by atoms with Crippen LogP contribution in [0.4, 0.5) is 10.5 Å². The second kappa shape index (κ2) is 18.8. The molecule has 1 aliphatic heterocycles. The number of hydrogen-bond acceptors (Lipinski definition) is 8. The van der Waals surface area contributed by atoms with Crippen LogP contribution in [-0.4, -0.2) is 78.0 Å². The lowest BCUT2D eigenvalue weighted by atomic mass is 9.91. The Kier molecular flexibility index (Phi) is 15.2. The first-order chi connectivity index (χ1) is 21.5. The number of alkyl carbamates (subject to hydrolysis) is 1. The fourth-order valence-electron chi connectivity index (χ4n) is 4.68. The fourth-order valence-corrected chi connectivity index (χ4v) is 4.68. The molecule has 1 aromatic rings. The van der Waals surface area contributed by atoms with Gasteiger partial charge in [0.05, 0.1) is 5.54 Å². The molecule has 14 nitrogen and oxygen atoms in total. The summed E-state index contributed by atoms with van der Waals surface area (Å²) in [6, 6.07) is 6.04. The van der Waals surface area contributed by atoms with E-state index in [2.05, 4.69) is 25.9 Å². The molecule has 0 radical (unpaired) electrons. The van der Waals surface area contributed by atoms with Crippen molar-refractivity contribution < 1.29 is 24.2 Å². The summed E-state index contributed by atoms with van der Waals surface area (Å²) in [5, 5.41) is 19.1. The zero-order valence-corrected chi connectivity index (χ0v) is 26.6. The van der Waals surface area contributed by atoms with Crippen LogP contribution in [0.2, 0.25) is 0 Å². The summed E-state index contributed by atoms with van der Waals surface area (Å²) in [6.07, 6.45) is 8.62. The molecule has 0 bridgehead atoms. The fraction of sp³-hybridized carbons (Fsp3) is 0.516. The first-order valence-corrected chi connectivity index (χ1v) is 15.3. The van der Waals surface area contributed by atoms with Gasteiger partial charge in [-0.25, -0.2) is 4.79 Å². The highest BCUT2D eigenvalue weighted by atomic mass is 16.5. The number of carbonyl (C=O) groups excluding carboxylic acids is 3. The van der Waals surface area contributed by atoms with E-state index in [4.69, 9.17) is 21.9 Å². The number of amides is 3. The second-order valence-corrected chi connectivity index (χ2v) is 10.7. The van der Waals surface area contributed by atoms with Gasteiger partial charge in [-0.2, -0.15) is 0 Å². The molecule has 14 heteroatoms. The molecular formula is C31H49N9O5. The van der Waals surface area contributed by atoms with Crippen LogP contribution >= 0.6 is 0 Å². The molecule has 0 spiro atoms. The van der Waals surface area contributed by atoms with Gasteiger partial charge < -0.3 is 47.9 Å². The van der Waals surface area contributed by atoms with E-state index in [1.54, 1.807) is 41.3 Å². The normalized spacial score (nSPS) is 14.2. The molecule has 0 unspecified atom stereocenters. The average molecular weight is 628 g/mol. The maximum absolute atomic E-state index is 13.4. The molecule has 2 rings (SSSR count). The van der Waals surface area contributed by atoms with Crippen molar-refractivity contribution in [2.24, 2.45) is 27.2 Å². The van der Waals surface area contributed by atoms with Gasteiger partial charge in [0.1, 0.15) is 18.5 Å². The van der Waals surface area contributed by atoms with Crippen LogP contribution in [0, 0.1) is 0 Å². The van der Waals surface area contributed by atoms with E-state index in [9.17, 15) is 19.5 Å². The van der Waals surface area contributed by atoms with Crippen molar-refractivity contribution in [3.63, 3.8) is 0 Å². The van der Waals surface area contributed by atoms with E-state index in [1.807, 2.05) is 19.9 Å². The first-order valence-electron chi connectivity index (χ1n) is 15.3. The first kappa shape index (κ1) is 36.4. The third kappa shape index (κ3) is 12.4. The molecule has 1 heterocycles. The van der Waals surface area contributed by atoms with Crippen LogP contribution in [0.3, 0.4) is 0 Å². The van der Waals surface area contributed by atoms with Crippen molar-refractivity contribution >= 4 is 35.4 Å². The lowest BCUT2D eigenvalue weighted by molar-refractivity contribution is -0.124. The molecule has 0 fully saturated rings. The van der Waals surface area contributed by atoms with E-state index in [0.717, 1.165) is 18.4 Å². The Bertz CT molecular complexity index is 1240. The Labute approximate surface area is 265 Å². The Morgan fingerprint density at radius 3 is 2.44 bits per heavy atom. The number of aliphatic imine (C=N–C) groups is 2. The highest BCUT2D eigenvalue weighted by molar-refractivity contribution is 5.98. The number of nitrogens with one attached hydrogen (secondary N) is 3. The standard InChI is InChI=1S/C31H49N9O5/c1-4-31(5-2,39-25(41)12-7-6-8-19-40-20-10-13-26(40)42)28(32)38-24(11-9-18-36-29(33)34)27(43)37-23-16-14-22(15-17-23)21-45-30(44)35-3/h10,12-17,24,39,41H,4-9,11,18-21H2,1-3H3,(H2,32,38)(H,35,44)(H,37,43)(H4,33,34,36)/b25-12-/t24-/m0/s1. The van der Waals surface area contributed by atoms with Gasteiger partial charge in [-0.15, -0.1) is 0 Å². The third-order valence-corrected chi connectivity index (χ3v) is 7.51. The van der Waals surface area contributed by atoms with E-state index in [-0.39, 0.29) is 36.1 Å². The highest BCUT2D eigenvalue weighted by Crippen LogP contribution is 2.20. The van der Waals surface area contributed by atoms with Crippen molar-refractivity contribution in [3.05, 3.63) is 53.9 Å². The molecule has 248 valence electrons. The maximum Gasteiger partial charge on any atom is 0.407 e. The minimum Gasteiger partial charge on any atom is -0.495 e. The summed E-state index contributed by atoms with van der Waals surface area (Å²) < 4.78 is 5.05. The van der Waals surface area contributed by atoms with Gasteiger partial charge in [0.2, 0.25) is 11.8 Å². The summed E-state index contributed by atoms with van der Waals surface area (Å²) in [6.45, 7) is 5.57. The Morgan fingerprint density at radius 2 is 1.84 bits per heavy atom. The van der Waals surface area contributed by atoms with Gasteiger partial charge >= 0.3 is 6.09 Å². The largest absolute Gasteiger partial charge is 0.495 e. The number of anilines is 1. The number of allylic oxidation sites excluding steroid dienone is 1. The number of carbonyl (C=O) groups is 3. The molecule has 3 amide bonds. The number of hydrogen-bond donors (Lipinski definition) is 7. The quantitative estimate of drug-likeness (QED) is 0.0517. The number of nitrogens with zero attached hydrogens (tertiary/aromatic N) is 3. The summed E-state index contributed by atoms with van der Waals surface area (Å²) in [7, 11) is 1.48. The summed E-state index contributed by atoms with van der Waals surface area (Å²) >= 11 is 0. The van der Waals surface area contributed by atoms with Crippen molar-refractivity contribution in [2.75, 3.05) is 32.0 Å². The molecule has 1 aromatic carbocycles. The SMILES string of the molecule is CCC(CC)(N/C(O)=C/CCCCN1CC=CC1=O)C(N)=N[C@@H](CCCN=C(N)N)C(=O)Nc1ccc(COC(=O)NC)cc1. The number of nitrogens with two attached hydrogens (primary N) is 3. The smallest absolute Gasteiger partial charge is 0.407 e. The van der Waals surface area contributed by atoms with Crippen LogP contribution in [-0.2, 0) is 20.9 Å². The zero-order valence-electron chi connectivity index (χ0n) is 26.6. The molecule has 1 aliphatic rings. The monoisotopic (exact) mass is 627 g/mol. The average Bonchev–Trinajstić information content (AvgIpc) is 3.44. The number of guanidine groups is 1. The predicted octanol–water partition coefficient (Wildman–Crippen LogP) is 2.38. The van der Waals surface area contributed by atoms with Crippen molar-refractivity contribution in [2.45, 2.75) is 77.0 Å². The van der Waals surface area contributed by atoms with E-state index in [1.165, 1.54) is 7.05 Å². The van der Waals surface area contributed by atoms with Gasteiger partial charge in [-0.05, 0) is 68.7 Å². The Balaban J connectivity index is 2.11. The Hall–Kier alpha value is -4.75. The number of aliphatic hydroxyl groups excluding tert-OH is 1. The summed E-state index contributed by atoms with van der Waals surface area (Å²) in [4.78, 5) is 46.9.